The molecule has 120 valence electrons. The fourth-order valence-electron chi connectivity index (χ4n) is 2.75. The van der Waals surface area contributed by atoms with E-state index in [0.717, 1.165) is 25.2 Å². The van der Waals surface area contributed by atoms with Crippen LogP contribution in [-0.2, 0) is 19.6 Å². The number of para-hydroxylation sites is 2. The molecular weight excluding hydrogens is 316 g/mol. The predicted molar refractivity (Wildman–Crippen MR) is 97.9 cm³/mol. The summed E-state index contributed by atoms with van der Waals surface area (Å²) in [5.41, 5.74) is 6.66. The van der Waals surface area contributed by atoms with E-state index in [-0.39, 0.29) is 0 Å². The SMILES string of the molecule is c1ccc2c(c1)ncn2Cc1ccc(CNCc2cncs2)cc1. The second-order valence-electron chi connectivity index (χ2n) is 5.75. The smallest absolute Gasteiger partial charge is 0.0961 e. The molecule has 0 aliphatic rings. The Labute approximate surface area is 144 Å². The van der Waals surface area contributed by atoms with Gasteiger partial charge in [-0.05, 0) is 23.3 Å². The van der Waals surface area contributed by atoms with Crippen molar-refractivity contribution < 1.29 is 0 Å². The maximum atomic E-state index is 4.45. The number of hydrogen-bond donors (Lipinski definition) is 1. The summed E-state index contributed by atoms with van der Waals surface area (Å²) in [6.45, 7) is 2.58. The molecule has 0 unspecified atom stereocenters. The van der Waals surface area contributed by atoms with E-state index in [9.17, 15) is 0 Å². The standard InChI is InChI=1S/C19H18N4S/c1-2-4-19-18(3-1)22-13-23(19)12-16-7-5-15(6-8-16)9-20-10-17-11-21-14-24-17/h1-8,11,13-14,20H,9-10,12H2. The van der Waals surface area contributed by atoms with Gasteiger partial charge in [0.1, 0.15) is 0 Å². The van der Waals surface area contributed by atoms with Crippen molar-refractivity contribution in [3.8, 4) is 0 Å². The van der Waals surface area contributed by atoms with Crippen LogP contribution in [0.2, 0.25) is 0 Å². The lowest BCUT2D eigenvalue weighted by molar-refractivity contribution is 0.699. The molecule has 0 saturated carbocycles. The highest BCUT2D eigenvalue weighted by Crippen LogP contribution is 2.14. The van der Waals surface area contributed by atoms with Gasteiger partial charge in [-0.1, -0.05) is 36.4 Å². The molecule has 0 aliphatic heterocycles. The predicted octanol–water partition coefficient (Wildman–Crippen LogP) is 3.83. The highest BCUT2D eigenvalue weighted by Gasteiger charge is 2.02. The third kappa shape index (κ3) is 3.37. The molecule has 4 nitrogen and oxygen atoms in total. The Kier molecular flexibility index (Phi) is 4.36. The Balaban J connectivity index is 1.38. The first kappa shape index (κ1) is 15.1. The third-order valence-corrected chi connectivity index (χ3v) is 4.79. The Bertz CT molecular complexity index is 910. The van der Waals surface area contributed by atoms with E-state index in [4.69, 9.17) is 0 Å². The molecule has 0 amide bonds. The van der Waals surface area contributed by atoms with Crippen molar-refractivity contribution in [2.75, 3.05) is 0 Å². The molecule has 0 atom stereocenters. The molecule has 4 aromatic rings. The maximum absolute atomic E-state index is 4.45. The van der Waals surface area contributed by atoms with Gasteiger partial charge in [0, 0.05) is 30.7 Å². The van der Waals surface area contributed by atoms with Gasteiger partial charge in [-0.15, -0.1) is 11.3 Å². The van der Waals surface area contributed by atoms with Crippen molar-refractivity contribution in [3.63, 3.8) is 0 Å². The number of imidazole rings is 1. The minimum absolute atomic E-state index is 0.842. The van der Waals surface area contributed by atoms with Crippen LogP contribution < -0.4 is 5.32 Å². The molecule has 0 bridgehead atoms. The van der Waals surface area contributed by atoms with E-state index in [1.54, 1.807) is 11.3 Å². The lowest BCUT2D eigenvalue weighted by Gasteiger charge is -2.07. The Morgan fingerprint density at radius 3 is 2.62 bits per heavy atom. The van der Waals surface area contributed by atoms with Crippen LogP contribution in [0, 0.1) is 0 Å². The second-order valence-corrected chi connectivity index (χ2v) is 6.72. The van der Waals surface area contributed by atoms with Gasteiger partial charge in [-0.25, -0.2) is 4.98 Å². The van der Waals surface area contributed by atoms with Gasteiger partial charge in [0.25, 0.3) is 0 Å². The van der Waals surface area contributed by atoms with Crippen molar-refractivity contribution in [1.82, 2.24) is 19.9 Å². The molecular formula is C19H18N4S. The van der Waals surface area contributed by atoms with E-state index in [1.807, 2.05) is 30.2 Å². The first-order chi connectivity index (χ1) is 11.9. The minimum Gasteiger partial charge on any atom is -0.326 e. The van der Waals surface area contributed by atoms with Crippen LogP contribution in [-0.4, -0.2) is 14.5 Å². The summed E-state index contributed by atoms with van der Waals surface area (Å²) in [7, 11) is 0. The van der Waals surface area contributed by atoms with Gasteiger partial charge >= 0.3 is 0 Å². The topological polar surface area (TPSA) is 42.7 Å². The van der Waals surface area contributed by atoms with Crippen molar-refractivity contribution in [1.29, 1.82) is 0 Å². The van der Waals surface area contributed by atoms with Crippen LogP contribution in [0.15, 0.2) is 66.6 Å². The second kappa shape index (κ2) is 6.95. The number of aromatic nitrogens is 3. The summed E-state index contributed by atoms with van der Waals surface area (Å²) in [5, 5.41) is 3.45. The van der Waals surface area contributed by atoms with Gasteiger partial charge in [-0.2, -0.15) is 0 Å². The molecule has 0 spiro atoms. The van der Waals surface area contributed by atoms with E-state index in [0.29, 0.717) is 0 Å². The molecule has 2 aromatic carbocycles. The van der Waals surface area contributed by atoms with Gasteiger partial charge in [-0.3, -0.25) is 4.98 Å². The summed E-state index contributed by atoms with van der Waals surface area (Å²) < 4.78 is 2.19. The molecule has 2 aromatic heterocycles. The van der Waals surface area contributed by atoms with Gasteiger partial charge in [0.2, 0.25) is 0 Å². The zero-order valence-electron chi connectivity index (χ0n) is 13.2. The van der Waals surface area contributed by atoms with Crippen LogP contribution in [0.4, 0.5) is 0 Å². The Morgan fingerprint density at radius 2 is 1.79 bits per heavy atom. The first-order valence-corrected chi connectivity index (χ1v) is 8.82. The lowest BCUT2D eigenvalue weighted by atomic mass is 10.1. The number of fused-ring (bicyclic) bond motifs is 1. The molecule has 5 heteroatoms. The number of nitrogens with one attached hydrogen (secondary N) is 1. The normalized spacial score (nSPS) is 11.2. The van der Waals surface area contributed by atoms with Gasteiger partial charge < -0.3 is 9.88 Å². The highest BCUT2D eigenvalue weighted by molar-refractivity contribution is 7.09. The van der Waals surface area contributed by atoms with E-state index < -0.39 is 0 Å². The van der Waals surface area contributed by atoms with Crippen molar-refractivity contribution in [2.24, 2.45) is 0 Å². The number of benzene rings is 2. The van der Waals surface area contributed by atoms with Crippen molar-refractivity contribution in [2.45, 2.75) is 19.6 Å². The van der Waals surface area contributed by atoms with E-state index >= 15 is 0 Å². The van der Waals surface area contributed by atoms with E-state index in [2.05, 4.69) is 56.3 Å². The summed E-state index contributed by atoms with van der Waals surface area (Å²) in [6.07, 6.45) is 3.82. The van der Waals surface area contributed by atoms with Crippen LogP contribution in [0.5, 0.6) is 0 Å². The Hall–Kier alpha value is -2.50. The van der Waals surface area contributed by atoms with Crippen molar-refractivity contribution >= 4 is 22.4 Å². The molecule has 24 heavy (non-hydrogen) atoms. The largest absolute Gasteiger partial charge is 0.326 e. The molecule has 0 radical (unpaired) electrons. The summed E-state index contributed by atoms with van der Waals surface area (Å²) in [4.78, 5) is 9.80. The van der Waals surface area contributed by atoms with Gasteiger partial charge in [0.15, 0.2) is 0 Å². The van der Waals surface area contributed by atoms with Gasteiger partial charge in [0.05, 0.1) is 22.9 Å². The molecule has 2 heterocycles. The average molecular weight is 334 g/mol. The molecule has 0 aliphatic carbocycles. The number of thiazole rings is 1. The fraction of sp³-hybridized carbons (Fsp3) is 0.158. The summed E-state index contributed by atoms with van der Waals surface area (Å²) in [5.74, 6) is 0. The Morgan fingerprint density at radius 1 is 0.958 bits per heavy atom. The van der Waals surface area contributed by atoms with E-state index in [1.165, 1.54) is 21.5 Å². The third-order valence-electron chi connectivity index (χ3n) is 4.02. The van der Waals surface area contributed by atoms with Crippen LogP contribution in [0.1, 0.15) is 16.0 Å². The van der Waals surface area contributed by atoms with Crippen LogP contribution in [0.25, 0.3) is 11.0 Å². The average Bonchev–Trinajstić information content (AvgIpc) is 3.27. The maximum Gasteiger partial charge on any atom is 0.0961 e. The summed E-state index contributed by atoms with van der Waals surface area (Å²) >= 11 is 1.68. The number of nitrogens with zero attached hydrogens (tertiary/aromatic N) is 3. The van der Waals surface area contributed by atoms with Crippen molar-refractivity contribution in [3.05, 3.63) is 82.6 Å². The summed E-state index contributed by atoms with van der Waals surface area (Å²) in [6, 6.07) is 17.0. The first-order valence-electron chi connectivity index (χ1n) is 7.94. The molecule has 4 rings (SSSR count). The number of rotatable bonds is 6. The van der Waals surface area contributed by atoms with Crippen LogP contribution in [0.3, 0.4) is 0 Å². The number of hydrogen-bond acceptors (Lipinski definition) is 4. The fourth-order valence-corrected chi connectivity index (χ4v) is 3.32. The minimum atomic E-state index is 0.842. The molecule has 0 fully saturated rings. The zero-order chi connectivity index (χ0) is 16.2. The molecule has 1 N–H and O–H groups in total. The van der Waals surface area contributed by atoms with Crippen LogP contribution >= 0.6 is 11.3 Å². The lowest BCUT2D eigenvalue weighted by Crippen LogP contribution is -2.11. The highest BCUT2D eigenvalue weighted by atomic mass is 32.1. The molecule has 0 saturated heterocycles. The zero-order valence-corrected chi connectivity index (χ0v) is 14.0. The quantitative estimate of drug-likeness (QED) is 0.583. The monoisotopic (exact) mass is 334 g/mol.